The number of H-pyrrole nitrogens is 1. The van der Waals surface area contributed by atoms with E-state index in [1.54, 1.807) is 31.2 Å². The molecule has 0 spiro atoms. The highest BCUT2D eigenvalue weighted by molar-refractivity contribution is 8.00. The van der Waals surface area contributed by atoms with Gasteiger partial charge in [0.15, 0.2) is 0 Å². The van der Waals surface area contributed by atoms with E-state index < -0.39 is 23.1 Å². The van der Waals surface area contributed by atoms with Gasteiger partial charge in [-0.05, 0) is 61.4 Å². The Hall–Kier alpha value is -4.15. The van der Waals surface area contributed by atoms with E-state index >= 15 is 0 Å². The molecule has 208 valence electrons. The first-order valence-corrected chi connectivity index (χ1v) is 14.9. The van der Waals surface area contributed by atoms with Crippen molar-refractivity contribution < 1.29 is 23.9 Å². The summed E-state index contributed by atoms with van der Waals surface area (Å²) < 4.78 is 11.0. The Bertz CT molecular complexity index is 1680. The second-order valence-corrected chi connectivity index (χ2v) is 12.0. The molecule has 2 amide bonds. The Morgan fingerprint density at radius 3 is 2.32 bits per heavy atom. The fourth-order valence-electron chi connectivity index (χ4n) is 5.21. The van der Waals surface area contributed by atoms with Gasteiger partial charge in [-0.2, -0.15) is 0 Å². The third-order valence-electron chi connectivity index (χ3n) is 7.23. The molecule has 2 aliphatic rings. The van der Waals surface area contributed by atoms with Gasteiger partial charge in [-0.1, -0.05) is 65.1 Å². The molecule has 6 rings (SSSR count). The zero-order valence-electron chi connectivity index (χ0n) is 22.3. The molecule has 0 bridgehead atoms. The Morgan fingerprint density at radius 1 is 0.927 bits per heavy atom. The van der Waals surface area contributed by atoms with Gasteiger partial charge in [0.2, 0.25) is 11.8 Å². The van der Waals surface area contributed by atoms with E-state index in [-0.39, 0.29) is 23.3 Å². The van der Waals surface area contributed by atoms with Gasteiger partial charge < -0.3 is 14.5 Å². The van der Waals surface area contributed by atoms with Crippen molar-refractivity contribution in [3.63, 3.8) is 0 Å². The van der Waals surface area contributed by atoms with Crippen LogP contribution in [-0.2, 0) is 20.9 Å². The lowest BCUT2D eigenvalue weighted by atomic mass is 9.83. The number of carbonyl (C=O) groups excluding carboxylic acids is 3. The van der Waals surface area contributed by atoms with Crippen LogP contribution in [0.15, 0.2) is 82.6 Å². The number of nitrogens with zero attached hydrogens (tertiary/aromatic N) is 1. The van der Waals surface area contributed by atoms with E-state index in [4.69, 9.17) is 9.47 Å². The number of thiazole rings is 1. The average Bonchev–Trinajstić information content (AvgIpc) is 3.47. The van der Waals surface area contributed by atoms with Crippen LogP contribution in [0, 0.1) is 12.8 Å². The second-order valence-electron chi connectivity index (χ2n) is 9.87. The van der Waals surface area contributed by atoms with E-state index in [0.29, 0.717) is 28.6 Å². The number of hydrogen-bond acceptors (Lipinski definition) is 8. The molecule has 0 saturated carbocycles. The minimum atomic E-state index is -0.701. The van der Waals surface area contributed by atoms with E-state index in [0.717, 1.165) is 27.3 Å². The number of aromatic nitrogens is 1. The summed E-state index contributed by atoms with van der Waals surface area (Å²) in [7, 11) is 0. The van der Waals surface area contributed by atoms with Gasteiger partial charge in [0.1, 0.15) is 17.6 Å². The molecular formula is C31H26N2O6S2. The van der Waals surface area contributed by atoms with Crippen LogP contribution in [0.3, 0.4) is 0 Å². The third kappa shape index (κ3) is 5.09. The minimum absolute atomic E-state index is 0.225. The van der Waals surface area contributed by atoms with Gasteiger partial charge in [0, 0.05) is 10.8 Å². The van der Waals surface area contributed by atoms with Crippen LogP contribution in [0.4, 0.5) is 5.69 Å². The highest BCUT2D eigenvalue weighted by Gasteiger charge is 2.56. The number of benzene rings is 3. The number of amides is 2. The molecule has 0 aliphatic carbocycles. The lowest BCUT2D eigenvalue weighted by molar-refractivity contribution is -0.122. The number of carbonyl (C=O) groups is 3. The molecule has 1 N–H and O–H groups in total. The van der Waals surface area contributed by atoms with Crippen LogP contribution in [-0.4, -0.2) is 34.6 Å². The summed E-state index contributed by atoms with van der Waals surface area (Å²) in [4.78, 5) is 56.5. The molecule has 3 aromatic carbocycles. The fraction of sp³-hybridized carbons (Fsp3) is 0.226. The molecule has 41 heavy (non-hydrogen) atoms. The third-order valence-corrected chi connectivity index (χ3v) is 9.63. The van der Waals surface area contributed by atoms with Crippen LogP contribution in [0.25, 0.3) is 0 Å². The van der Waals surface area contributed by atoms with Crippen LogP contribution >= 0.6 is 23.1 Å². The van der Waals surface area contributed by atoms with Crippen LogP contribution in [0.5, 0.6) is 5.75 Å². The molecule has 1 aromatic heterocycles. The first-order chi connectivity index (χ1) is 19.8. The number of imide groups is 1. The highest BCUT2D eigenvalue weighted by Crippen LogP contribution is 2.53. The van der Waals surface area contributed by atoms with Crippen molar-refractivity contribution in [3.8, 4) is 5.75 Å². The lowest BCUT2D eigenvalue weighted by Gasteiger charge is -2.29. The van der Waals surface area contributed by atoms with Crippen molar-refractivity contribution in [3.05, 3.63) is 110 Å². The summed E-state index contributed by atoms with van der Waals surface area (Å²) in [5.41, 5.74) is 3.78. The Balaban J connectivity index is 1.29. The zero-order valence-corrected chi connectivity index (χ0v) is 23.9. The maximum absolute atomic E-state index is 13.9. The van der Waals surface area contributed by atoms with Gasteiger partial charge in [-0.3, -0.25) is 14.4 Å². The predicted octanol–water partition coefficient (Wildman–Crippen LogP) is 5.30. The number of esters is 1. The number of aryl methyl sites for hydroxylation is 1. The molecule has 10 heteroatoms. The smallest absolute Gasteiger partial charge is 0.338 e. The van der Waals surface area contributed by atoms with Crippen molar-refractivity contribution in [1.82, 2.24) is 4.98 Å². The number of fused-ring (bicyclic) bond motifs is 2. The molecule has 3 heterocycles. The molecule has 3 atom stereocenters. The summed E-state index contributed by atoms with van der Waals surface area (Å²) in [6.45, 7) is 4.43. The first kappa shape index (κ1) is 27.0. The van der Waals surface area contributed by atoms with Crippen LogP contribution < -0.4 is 14.5 Å². The van der Waals surface area contributed by atoms with E-state index in [1.165, 1.54) is 22.2 Å². The normalized spacial score (nSPS) is 19.6. The van der Waals surface area contributed by atoms with Crippen LogP contribution in [0.1, 0.15) is 44.8 Å². The summed E-state index contributed by atoms with van der Waals surface area (Å²) >= 11 is 2.29. The number of thioether (sulfide) groups is 1. The van der Waals surface area contributed by atoms with Gasteiger partial charge in [-0.25, -0.2) is 9.69 Å². The zero-order chi connectivity index (χ0) is 28.7. The monoisotopic (exact) mass is 586 g/mol. The van der Waals surface area contributed by atoms with E-state index in [9.17, 15) is 19.2 Å². The van der Waals surface area contributed by atoms with Crippen molar-refractivity contribution in [2.75, 3.05) is 11.5 Å². The Kier molecular flexibility index (Phi) is 7.27. The van der Waals surface area contributed by atoms with E-state index in [1.807, 2.05) is 55.5 Å². The van der Waals surface area contributed by atoms with Gasteiger partial charge in [-0.15, -0.1) is 0 Å². The number of rotatable bonds is 7. The second kappa shape index (κ2) is 11.0. The summed E-state index contributed by atoms with van der Waals surface area (Å²) in [5.74, 6) is -1.66. The van der Waals surface area contributed by atoms with Crippen molar-refractivity contribution in [2.24, 2.45) is 5.92 Å². The summed E-state index contributed by atoms with van der Waals surface area (Å²) in [6.07, 6.45) is 0. The molecule has 1 fully saturated rings. The molecule has 8 nitrogen and oxygen atoms in total. The molecule has 4 aromatic rings. The summed E-state index contributed by atoms with van der Waals surface area (Å²) in [5, 5.41) is -0.0842. The molecule has 1 saturated heterocycles. The highest BCUT2D eigenvalue weighted by atomic mass is 32.2. The maximum atomic E-state index is 13.9. The minimum Gasteiger partial charge on any atom is -0.489 e. The maximum Gasteiger partial charge on any atom is 0.338 e. The van der Waals surface area contributed by atoms with E-state index in [2.05, 4.69) is 4.98 Å². The quantitative estimate of drug-likeness (QED) is 0.232. The number of nitrogens with one attached hydrogen (secondary N) is 1. The number of hydrogen-bond donors (Lipinski definition) is 1. The molecule has 0 unspecified atom stereocenters. The van der Waals surface area contributed by atoms with Crippen LogP contribution in [0.2, 0.25) is 0 Å². The van der Waals surface area contributed by atoms with Gasteiger partial charge in [0.25, 0.3) is 0 Å². The SMILES string of the molecule is CCOC(=O)c1ccc(N2C(=O)[C@H]3[C@H](c4ccc(OCc5ccc(C)cc5)cc4)c4sc(=O)[nH]c4S[C@H]3C2=O)cc1. The average molecular weight is 587 g/mol. The molecular weight excluding hydrogens is 560 g/mol. The Labute approximate surface area is 244 Å². The van der Waals surface area contributed by atoms with Gasteiger partial charge >= 0.3 is 10.8 Å². The first-order valence-electron chi connectivity index (χ1n) is 13.2. The largest absolute Gasteiger partial charge is 0.489 e. The fourth-order valence-corrected chi connectivity index (χ4v) is 7.73. The predicted molar refractivity (Wildman–Crippen MR) is 157 cm³/mol. The molecule has 0 radical (unpaired) electrons. The summed E-state index contributed by atoms with van der Waals surface area (Å²) in [6, 6.07) is 21.9. The Morgan fingerprint density at radius 2 is 1.63 bits per heavy atom. The van der Waals surface area contributed by atoms with Crippen molar-refractivity contribution in [2.45, 2.75) is 36.6 Å². The van der Waals surface area contributed by atoms with Crippen molar-refractivity contribution in [1.29, 1.82) is 0 Å². The lowest BCUT2D eigenvalue weighted by Crippen LogP contribution is -2.32. The standard InChI is InChI=1S/C31H26N2O6S2/c1-3-38-30(36)20-8-12-21(13-9-20)33-28(34)24-23(25-27(32-31(37)41-25)40-26(24)29(33)35)19-10-14-22(15-11-19)39-16-18-6-4-17(2)5-7-18/h4-15,23-24,26H,3,16H2,1-2H3,(H,32,37)/t23-,24-,26+/m0/s1. The molecule has 2 aliphatic heterocycles. The number of aromatic amines is 1. The number of ether oxygens (including phenoxy) is 2. The topological polar surface area (TPSA) is 106 Å². The van der Waals surface area contributed by atoms with Crippen molar-refractivity contribution >= 4 is 46.6 Å². The van der Waals surface area contributed by atoms with Gasteiger partial charge in [0.05, 0.1) is 28.8 Å². The number of anilines is 1.